The molecule has 0 radical (unpaired) electrons. The fourth-order valence-corrected chi connectivity index (χ4v) is 8.26. The zero-order chi connectivity index (χ0) is 43.5. The second-order valence-electron chi connectivity index (χ2n) is 15.2. The number of hydrogen-bond donors (Lipinski definition) is 0. The molecule has 0 N–H and O–H groups in total. The Labute approximate surface area is 386 Å². The molecule has 4 heteroatoms. The van der Waals surface area contributed by atoms with E-state index in [1.807, 2.05) is 54.6 Å². The summed E-state index contributed by atoms with van der Waals surface area (Å²) < 4.78 is 0. The molecule has 0 aliphatic rings. The topological polar surface area (TPSA) is 6.48 Å². The molecule has 10 aromatic carbocycles. The highest BCUT2D eigenvalue weighted by molar-refractivity contribution is 6.33. The van der Waals surface area contributed by atoms with Crippen molar-refractivity contribution in [1.29, 1.82) is 0 Å². The van der Waals surface area contributed by atoms with Crippen LogP contribution in [0.4, 0.5) is 34.1 Å². The first-order valence-corrected chi connectivity index (χ1v) is 22.1. The Kier molecular flexibility index (Phi) is 13.1. The Morgan fingerprint density at radius 1 is 0.219 bits per heavy atom. The maximum atomic E-state index is 6.63. The van der Waals surface area contributed by atoms with Crippen molar-refractivity contribution in [3.63, 3.8) is 0 Å². The molecule has 10 rings (SSSR count). The van der Waals surface area contributed by atoms with Crippen LogP contribution in [-0.4, -0.2) is 0 Å². The summed E-state index contributed by atoms with van der Waals surface area (Å²) in [6.45, 7) is 0. The first kappa shape index (κ1) is 41.7. The van der Waals surface area contributed by atoms with E-state index in [-0.39, 0.29) is 0 Å². The summed E-state index contributed by atoms with van der Waals surface area (Å²) in [6.07, 6.45) is 0. The molecule has 64 heavy (non-hydrogen) atoms. The lowest BCUT2D eigenvalue weighted by molar-refractivity contribution is 1.28. The van der Waals surface area contributed by atoms with Gasteiger partial charge in [0.05, 0.1) is 16.4 Å². The summed E-state index contributed by atoms with van der Waals surface area (Å²) in [5, 5.41) is 1.44. The number of anilines is 6. The molecule has 0 saturated carbocycles. The number of benzene rings is 10. The van der Waals surface area contributed by atoms with Crippen molar-refractivity contribution in [2.24, 2.45) is 0 Å². The molecule has 0 fully saturated rings. The van der Waals surface area contributed by atoms with E-state index in [1.54, 1.807) is 0 Å². The number of halogens is 2. The molecular formula is C60H44Cl2N2. The van der Waals surface area contributed by atoms with Gasteiger partial charge >= 0.3 is 0 Å². The standard InChI is InChI=1S/2C30H22ClN/c31-26-17-21-28(22-18-26)32(27-19-15-24(16-20-27)23-9-3-1-4-10-23)30-14-8-7-13-29(30)25-11-5-2-6-12-25;31-29-13-7-8-14-30(29)32(27-19-15-25(16-20-27)23-9-3-1-4-10-23)28-21-17-26(18-22-28)24-11-5-2-6-12-24/h2*1-22H. The number of hydrogen-bond acceptors (Lipinski definition) is 2. The van der Waals surface area contributed by atoms with Crippen molar-refractivity contribution in [2.45, 2.75) is 0 Å². The van der Waals surface area contributed by atoms with Gasteiger partial charge in [0, 0.05) is 33.3 Å². The molecular weight excluding hydrogens is 820 g/mol. The molecule has 0 spiro atoms. The van der Waals surface area contributed by atoms with E-state index in [9.17, 15) is 0 Å². The monoisotopic (exact) mass is 862 g/mol. The highest BCUT2D eigenvalue weighted by Gasteiger charge is 2.18. The number of rotatable bonds is 10. The molecule has 0 aliphatic carbocycles. The molecule has 0 aromatic heterocycles. The van der Waals surface area contributed by atoms with Crippen LogP contribution in [0.15, 0.2) is 267 Å². The van der Waals surface area contributed by atoms with Gasteiger partial charge in [0.2, 0.25) is 0 Å². The first-order valence-electron chi connectivity index (χ1n) is 21.3. The van der Waals surface area contributed by atoms with Gasteiger partial charge in [-0.2, -0.15) is 0 Å². The second-order valence-corrected chi connectivity index (χ2v) is 16.1. The van der Waals surface area contributed by atoms with Crippen LogP contribution < -0.4 is 9.80 Å². The normalized spacial score (nSPS) is 10.7. The van der Waals surface area contributed by atoms with Gasteiger partial charge in [0.1, 0.15) is 0 Å². The Balaban J connectivity index is 0.000000162. The van der Waals surface area contributed by atoms with Gasteiger partial charge in [-0.1, -0.05) is 211 Å². The van der Waals surface area contributed by atoms with Crippen LogP contribution in [0.2, 0.25) is 10.0 Å². The zero-order valence-corrected chi connectivity index (χ0v) is 36.6. The summed E-state index contributed by atoms with van der Waals surface area (Å²) >= 11 is 12.8. The van der Waals surface area contributed by atoms with E-state index in [2.05, 4.69) is 222 Å². The van der Waals surface area contributed by atoms with E-state index < -0.39 is 0 Å². The Morgan fingerprint density at radius 2 is 0.500 bits per heavy atom. The lowest BCUT2D eigenvalue weighted by Gasteiger charge is -2.28. The van der Waals surface area contributed by atoms with Crippen molar-refractivity contribution in [3.05, 3.63) is 277 Å². The third kappa shape index (κ3) is 9.70. The van der Waals surface area contributed by atoms with Crippen molar-refractivity contribution >= 4 is 57.3 Å². The Hall–Kier alpha value is -7.62. The molecule has 0 heterocycles. The van der Waals surface area contributed by atoms with E-state index in [0.717, 1.165) is 39.1 Å². The summed E-state index contributed by atoms with van der Waals surface area (Å²) in [6, 6.07) is 92.2. The maximum Gasteiger partial charge on any atom is 0.0647 e. The van der Waals surface area contributed by atoms with Gasteiger partial charge in [0.25, 0.3) is 0 Å². The minimum atomic E-state index is 0.715. The predicted octanol–water partition coefficient (Wildman–Crippen LogP) is 18.3. The van der Waals surface area contributed by atoms with Crippen LogP contribution in [0.5, 0.6) is 0 Å². The van der Waals surface area contributed by atoms with E-state index in [4.69, 9.17) is 23.2 Å². The molecule has 2 nitrogen and oxygen atoms in total. The lowest BCUT2D eigenvalue weighted by atomic mass is 10.0. The van der Waals surface area contributed by atoms with E-state index in [1.165, 1.54) is 44.5 Å². The molecule has 0 aliphatic heterocycles. The summed E-state index contributed by atoms with van der Waals surface area (Å²) in [5.74, 6) is 0. The number of para-hydroxylation sites is 2. The summed E-state index contributed by atoms with van der Waals surface area (Å²) in [7, 11) is 0. The molecule has 0 atom stereocenters. The van der Waals surface area contributed by atoms with Crippen LogP contribution in [0, 0.1) is 0 Å². The molecule has 0 bridgehead atoms. The fourth-order valence-electron chi connectivity index (χ4n) is 7.91. The molecule has 10 aromatic rings. The van der Waals surface area contributed by atoms with Crippen molar-refractivity contribution in [3.8, 4) is 44.5 Å². The first-order chi connectivity index (χ1) is 31.6. The molecule has 0 unspecified atom stereocenters. The van der Waals surface area contributed by atoms with Crippen LogP contribution in [-0.2, 0) is 0 Å². The highest BCUT2D eigenvalue weighted by atomic mass is 35.5. The smallest absolute Gasteiger partial charge is 0.0647 e. The summed E-state index contributed by atoms with van der Waals surface area (Å²) in [4.78, 5) is 4.49. The fraction of sp³-hybridized carbons (Fsp3) is 0. The lowest BCUT2D eigenvalue weighted by Crippen LogP contribution is -2.11. The van der Waals surface area contributed by atoms with Gasteiger partial charge in [0.15, 0.2) is 0 Å². The van der Waals surface area contributed by atoms with Crippen LogP contribution >= 0.6 is 23.2 Å². The van der Waals surface area contributed by atoms with Gasteiger partial charge in [-0.3, -0.25) is 0 Å². The van der Waals surface area contributed by atoms with E-state index in [0.29, 0.717) is 5.02 Å². The maximum absolute atomic E-state index is 6.63. The van der Waals surface area contributed by atoms with Crippen molar-refractivity contribution in [1.82, 2.24) is 0 Å². The second kappa shape index (κ2) is 20.0. The number of nitrogens with zero attached hydrogens (tertiary/aromatic N) is 2. The largest absolute Gasteiger partial charge is 0.310 e. The van der Waals surface area contributed by atoms with Crippen molar-refractivity contribution in [2.75, 3.05) is 9.80 Å². The van der Waals surface area contributed by atoms with Gasteiger partial charge in [-0.15, -0.1) is 0 Å². The zero-order valence-electron chi connectivity index (χ0n) is 35.1. The average Bonchev–Trinajstić information content (AvgIpc) is 3.37. The quantitative estimate of drug-likeness (QED) is 0.135. The van der Waals surface area contributed by atoms with Crippen molar-refractivity contribution < 1.29 is 0 Å². The molecule has 0 saturated heterocycles. The highest BCUT2D eigenvalue weighted by Crippen LogP contribution is 2.42. The van der Waals surface area contributed by atoms with Gasteiger partial charge < -0.3 is 9.80 Å². The minimum Gasteiger partial charge on any atom is -0.310 e. The van der Waals surface area contributed by atoms with E-state index >= 15 is 0 Å². The van der Waals surface area contributed by atoms with Gasteiger partial charge in [-0.05, 0) is 118 Å². The Morgan fingerprint density at radius 3 is 0.891 bits per heavy atom. The predicted molar refractivity (Wildman–Crippen MR) is 274 cm³/mol. The summed E-state index contributed by atoms with van der Waals surface area (Å²) in [5.41, 5.74) is 15.9. The van der Waals surface area contributed by atoms with Gasteiger partial charge in [-0.25, -0.2) is 0 Å². The van der Waals surface area contributed by atoms with Crippen LogP contribution in [0.1, 0.15) is 0 Å². The minimum absolute atomic E-state index is 0.715. The van der Waals surface area contributed by atoms with Crippen LogP contribution in [0.3, 0.4) is 0 Å². The molecule has 0 amide bonds. The molecule has 308 valence electrons. The SMILES string of the molecule is Clc1ccc(N(c2ccc(-c3ccccc3)cc2)c2ccccc2-c2ccccc2)cc1.Clc1ccccc1N(c1ccc(-c2ccccc2)cc1)c1ccc(-c2ccccc2)cc1. The Bertz CT molecular complexity index is 2930. The third-order valence-corrected chi connectivity index (χ3v) is 11.7. The average molecular weight is 864 g/mol. The third-order valence-electron chi connectivity index (χ3n) is 11.1. The van der Waals surface area contributed by atoms with Crippen LogP contribution in [0.25, 0.3) is 44.5 Å².